The van der Waals surface area contributed by atoms with Gasteiger partial charge in [0.15, 0.2) is 0 Å². The number of rotatable bonds is 6. The van der Waals surface area contributed by atoms with Crippen LogP contribution >= 0.6 is 0 Å². The van der Waals surface area contributed by atoms with E-state index in [0.29, 0.717) is 49.3 Å². The summed E-state index contributed by atoms with van der Waals surface area (Å²) >= 11 is 0. The Morgan fingerprint density at radius 2 is 1.90 bits per heavy atom. The van der Waals surface area contributed by atoms with Gasteiger partial charge in [0.2, 0.25) is 5.91 Å². The van der Waals surface area contributed by atoms with Crippen LogP contribution in [0.15, 0.2) is 33.9 Å². The number of aromatic nitrogens is 2. The van der Waals surface area contributed by atoms with Gasteiger partial charge in [-0.1, -0.05) is 18.2 Å². The molecule has 31 heavy (non-hydrogen) atoms. The molecule has 1 aromatic carbocycles. The minimum Gasteiger partial charge on any atom is -0.353 e. The maximum atomic E-state index is 12.9. The smallest absolute Gasteiger partial charge is 0.353 e. The molecule has 1 fully saturated rings. The molecule has 0 aliphatic carbocycles. The number of nitrogens with one attached hydrogen (secondary N) is 3. The van der Waals surface area contributed by atoms with Gasteiger partial charge in [0.1, 0.15) is 0 Å². The third-order valence-corrected chi connectivity index (χ3v) is 5.47. The number of aromatic amines is 2. The Kier molecular flexibility index (Phi) is 6.99. The number of likely N-dealkylation sites (tertiary alicyclic amines) is 1. The van der Waals surface area contributed by atoms with Crippen molar-refractivity contribution in [1.82, 2.24) is 20.2 Å². The van der Waals surface area contributed by atoms with Crippen LogP contribution in [0.2, 0.25) is 0 Å². The fourth-order valence-corrected chi connectivity index (χ4v) is 3.80. The zero-order chi connectivity index (χ0) is 22.6. The molecule has 1 aliphatic rings. The second kappa shape index (κ2) is 9.51. The van der Waals surface area contributed by atoms with E-state index >= 15 is 0 Å². The maximum Gasteiger partial charge on any atom is 0.416 e. The lowest BCUT2D eigenvalue weighted by atomic mass is 10.0. The number of benzene rings is 1. The molecule has 0 saturated carbocycles. The molecule has 1 aromatic heterocycles. The minimum atomic E-state index is -4.36. The SMILES string of the molecule is Cc1[nH]c(=O)[nH]c(=O)c1CCC(=O)NC1CCN(Cc2cccc(C(F)(F)F)c2)CC1. The average molecular weight is 438 g/mol. The Morgan fingerprint density at radius 3 is 2.55 bits per heavy atom. The lowest BCUT2D eigenvalue weighted by molar-refractivity contribution is -0.137. The molecule has 1 saturated heterocycles. The number of halogens is 3. The predicted molar refractivity (Wildman–Crippen MR) is 109 cm³/mol. The van der Waals surface area contributed by atoms with Crippen molar-refractivity contribution in [1.29, 1.82) is 0 Å². The van der Waals surface area contributed by atoms with Crippen molar-refractivity contribution in [3.8, 4) is 0 Å². The van der Waals surface area contributed by atoms with Gasteiger partial charge in [-0.3, -0.25) is 19.5 Å². The molecular formula is C21H25F3N4O3. The summed E-state index contributed by atoms with van der Waals surface area (Å²) in [6.45, 7) is 3.38. The molecule has 2 aromatic rings. The number of alkyl halides is 3. The Bertz CT molecular complexity index is 1040. The van der Waals surface area contributed by atoms with Crippen LogP contribution < -0.4 is 16.6 Å². The van der Waals surface area contributed by atoms with E-state index < -0.39 is 23.0 Å². The molecular weight excluding hydrogens is 413 g/mol. The quantitative estimate of drug-likeness (QED) is 0.644. The molecule has 1 amide bonds. The summed E-state index contributed by atoms with van der Waals surface area (Å²) in [5.74, 6) is -0.179. The first-order valence-electron chi connectivity index (χ1n) is 10.1. The van der Waals surface area contributed by atoms with Crippen molar-refractivity contribution in [3.63, 3.8) is 0 Å². The normalized spacial score (nSPS) is 15.7. The first-order valence-corrected chi connectivity index (χ1v) is 10.1. The molecule has 3 rings (SSSR count). The second-order valence-electron chi connectivity index (χ2n) is 7.83. The lowest BCUT2D eigenvalue weighted by Crippen LogP contribution is -2.44. The third-order valence-electron chi connectivity index (χ3n) is 5.47. The van der Waals surface area contributed by atoms with E-state index in [9.17, 15) is 27.6 Å². The van der Waals surface area contributed by atoms with Gasteiger partial charge in [-0.2, -0.15) is 13.2 Å². The van der Waals surface area contributed by atoms with Gasteiger partial charge in [-0.25, -0.2) is 4.79 Å². The highest BCUT2D eigenvalue weighted by molar-refractivity contribution is 5.76. The first-order chi connectivity index (χ1) is 14.6. The molecule has 2 heterocycles. The van der Waals surface area contributed by atoms with Gasteiger partial charge in [-0.15, -0.1) is 0 Å². The minimum absolute atomic E-state index is 0.0137. The number of nitrogens with zero attached hydrogens (tertiary/aromatic N) is 1. The highest BCUT2D eigenvalue weighted by Gasteiger charge is 2.30. The van der Waals surface area contributed by atoms with Gasteiger partial charge in [0, 0.05) is 43.4 Å². The number of carbonyl (C=O) groups excluding carboxylic acids is 1. The molecule has 7 nitrogen and oxygen atoms in total. The van der Waals surface area contributed by atoms with Gasteiger partial charge in [-0.05, 0) is 37.8 Å². The molecule has 10 heteroatoms. The van der Waals surface area contributed by atoms with Crippen molar-refractivity contribution in [3.05, 3.63) is 67.5 Å². The monoisotopic (exact) mass is 438 g/mol. The van der Waals surface area contributed by atoms with Crippen LogP contribution in [0.4, 0.5) is 13.2 Å². The highest BCUT2D eigenvalue weighted by atomic mass is 19.4. The summed E-state index contributed by atoms with van der Waals surface area (Å²) in [7, 11) is 0. The van der Waals surface area contributed by atoms with Gasteiger partial charge >= 0.3 is 11.9 Å². The largest absolute Gasteiger partial charge is 0.416 e. The van der Waals surface area contributed by atoms with Crippen LogP contribution in [0, 0.1) is 6.92 Å². The average Bonchev–Trinajstić information content (AvgIpc) is 2.68. The van der Waals surface area contributed by atoms with Crippen molar-refractivity contribution in [2.45, 2.75) is 51.4 Å². The van der Waals surface area contributed by atoms with Crippen LogP contribution in [0.3, 0.4) is 0 Å². The molecule has 1 aliphatic heterocycles. The van der Waals surface area contributed by atoms with E-state index in [1.54, 1.807) is 13.0 Å². The van der Waals surface area contributed by atoms with Gasteiger partial charge < -0.3 is 10.3 Å². The Hall–Kier alpha value is -2.88. The van der Waals surface area contributed by atoms with Crippen LogP contribution in [-0.2, 0) is 23.9 Å². The summed E-state index contributed by atoms with van der Waals surface area (Å²) in [6.07, 6.45) is -2.61. The number of H-pyrrole nitrogens is 2. The van der Waals surface area contributed by atoms with Crippen molar-refractivity contribution >= 4 is 5.91 Å². The van der Waals surface area contributed by atoms with Gasteiger partial charge in [0.05, 0.1) is 5.56 Å². The zero-order valence-electron chi connectivity index (χ0n) is 17.1. The summed E-state index contributed by atoms with van der Waals surface area (Å²) in [5, 5.41) is 2.95. The fourth-order valence-electron chi connectivity index (χ4n) is 3.80. The van der Waals surface area contributed by atoms with Crippen molar-refractivity contribution in [2.24, 2.45) is 0 Å². The standard InChI is InChI=1S/C21H25F3N4O3/c1-13-17(19(30)27-20(31)25-13)5-6-18(29)26-16-7-9-28(10-8-16)12-14-3-2-4-15(11-14)21(22,23)24/h2-4,11,16H,5-10,12H2,1H3,(H,26,29)(H2,25,27,30,31). The van der Waals surface area contributed by atoms with E-state index in [1.165, 1.54) is 12.1 Å². The first kappa shape index (κ1) is 22.8. The van der Waals surface area contributed by atoms with Crippen LogP contribution in [0.1, 0.15) is 41.6 Å². The molecule has 0 atom stereocenters. The van der Waals surface area contributed by atoms with Crippen LogP contribution in [0.5, 0.6) is 0 Å². The van der Waals surface area contributed by atoms with E-state index in [2.05, 4.69) is 20.2 Å². The van der Waals surface area contributed by atoms with Crippen molar-refractivity contribution in [2.75, 3.05) is 13.1 Å². The number of amides is 1. The zero-order valence-corrected chi connectivity index (χ0v) is 17.1. The summed E-state index contributed by atoms with van der Waals surface area (Å²) in [4.78, 5) is 42.1. The third kappa shape index (κ3) is 6.30. The van der Waals surface area contributed by atoms with Crippen LogP contribution in [0.25, 0.3) is 0 Å². The maximum absolute atomic E-state index is 12.9. The topological polar surface area (TPSA) is 98.1 Å². The summed E-state index contributed by atoms with van der Waals surface area (Å²) in [5.41, 5.74) is -0.276. The Morgan fingerprint density at radius 1 is 1.19 bits per heavy atom. The molecule has 0 unspecified atom stereocenters. The van der Waals surface area contributed by atoms with Gasteiger partial charge in [0.25, 0.3) is 5.56 Å². The number of hydrogen-bond donors (Lipinski definition) is 3. The number of carbonyl (C=O) groups is 1. The second-order valence-corrected chi connectivity index (χ2v) is 7.83. The summed E-state index contributed by atoms with van der Waals surface area (Å²) < 4.78 is 38.6. The molecule has 0 bridgehead atoms. The predicted octanol–water partition coefficient (Wildman–Crippen LogP) is 2.10. The molecule has 0 spiro atoms. The Balaban J connectivity index is 1.45. The molecule has 168 valence electrons. The highest BCUT2D eigenvalue weighted by Crippen LogP contribution is 2.30. The van der Waals surface area contributed by atoms with E-state index in [4.69, 9.17) is 0 Å². The number of piperidine rings is 1. The molecule has 3 N–H and O–H groups in total. The van der Waals surface area contributed by atoms with E-state index in [-0.39, 0.29) is 24.8 Å². The summed E-state index contributed by atoms with van der Waals surface area (Å²) in [6, 6.07) is 5.33. The molecule has 0 radical (unpaired) electrons. The van der Waals surface area contributed by atoms with E-state index in [0.717, 1.165) is 6.07 Å². The number of hydrogen-bond acceptors (Lipinski definition) is 4. The van der Waals surface area contributed by atoms with Crippen LogP contribution in [-0.4, -0.2) is 39.9 Å². The van der Waals surface area contributed by atoms with E-state index in [1.807, 2.05) is 0 Å². The fraction of sp³-hybridized carbons (Fsp3) is 0.476. The van der Waals surface area contributed by atoms with Crippen molar-refractivity contribution < 1.29 is 18.0 Å². The number of aryl methyl sites for hydroxylation is 1. The lowest BCUT2D eigenvalue weighted by Gasteiger charge is -2.32. The Labute approximate surface area is 176 Å².